The number of aryl methyl sites for hydroxylation is 2. The molecular weight excluding hydrogens is 613 g/mol. The first-order valence-corrected chi connectivity index (χ1v) is 17.6. The van der Waals surface area contributed by atoms with E-state index in [1.807, 2.05) is 72.9 Å². The predicted octanol–water partition coefficient (Wildman–Crippen LogP) is 8.92. The van der Waals surface area contributed by atoms with Crippen LogP contribution in [0.25, 0.3) is 32.7 Å². The van der Waals surface area contributed by atoms with Crippen molar-refractivity contribution in [3.05, 3.63) is 157 Å². The molecular formula is C44H44N6+2. The van der Waals surface area contributed by atoms with E-state index in [0.717, 1.165) is 48.4 Å². The van der Waals surface area contributed by atoms with Crippen molar-refractivity contribution >= 4 is 56.5 Å². The number of hydrogen-bond donors (Lipinski definition) is 0. The highest BCUT2D eigenvalue weighted by Gasteiger charge is 2.19. The highest BCUT2D eigenvalue weighted by atomic mass is 15.4. The summed E-state index contributed by atoms with van der Waals surface area (Å²) in [7, 11) is 3.98. The van der Waals surface area contributed by atoms with Crippen LogP contribution in [0, 0.1) is 0 Å². The highest BCUT2D eigenvalue weighted by molar-refractivity contribution is 6.09. The molecule has 0 amide bonds. The van der Waals surface area contributed by atoms with Gasteiger partial charge in [0.25, 0.3) is 0 Å². The number of anilines is 2. The number of pyridine rings is 2. The first-order valence-electron chi connectivity index (χ1n) is 17.6. The van der Waals surface area contributed by atoms with E-state index in [4.69, 9.17) is 10.2 Å². The molecule has 2 aromatic heterocycles. The molecule has 0 fully saturated rings. The molecule has 0 atom stereocenters. The molecule has 248 valence electrons. The van der Waals surface area contributed by atoms with Crippen LogP contribution in [-0.4, -0.2) is 26.5 Å². The SMILES string of the molecule is CN(/N=C/c1cc2ccccc2[n+](CCCCCC[n+]2c3ccccc3c(/C=N/N(C)c3ccccc3)c3ccccc32)c1)c1ccccc1. The van der Waals surface area contributed by atoms with Gasteiger partial charge in [-0.15, -0.1) is 0 Å². The maximum absolute atomic E-state index is 4.86. The van der Waals surface area contributed by atoms with Gasteiger partial charge in [-0.2, -0.15) is 19.3 Å². The number of unbranched alkanes of at least 4 members (excludes halogenated alkanes) is 3. The lowest BCUT2D eigenvalue weighted by molar-refractivity contribution is -0.672. The zero-order valence-electron chi connectivity index (χ0n) is 28.9. The third-order valence-electron chi connectivity index (χ3n) is 9.37. The molecule has 0 spiro atoms. The summed E-state index contributed by atoms with van der Waals surface area (Å²) in [4.78, 5) is 0. The maximum atomic E-state index is 4.86. The summed E-state index contributed by atoms with van der Waals surface area (Å²) in [6.45, 7) is 1.94. The van der Waals surface area contributed by atoms with Gasteiger partial charge >= 0.3 is 0 Å². The fourth-order valence-corrected chi connectivity index (χ4v) is 6.75. The summed E-state index contributed by atoms with van der Waals surface area (Å²) in [5.74, 6) is 0. The average molecular weight is 657 g/mol. The van der Waals surface area contributed by atoms with Gasteiger partial charge in [0.1, 0.15) is 13.1 Å². The largest absolute Gasteiger partial charge is 0.269 e. The molecule has 0 aliphatic carbocycles. The number of hydrogen-bond acceptors (Lipinski definition) is 4. The Morgan fingerprint density at radius 1 is 0.520 bits per heavy atom. The fourth-order valence-electron chi connectivity index (χ4n) is 6.75. The van der Waals surface area contributed by atoms with Crippen molar-refractivity contribution in [3.8, 4) is 0 Å². The summed E-state index contributed by atoms with van der Waals surface area (Å²) in [5, 5.41) is 17.1. The minimum absolute atomic E-state index is 0.972. The summed E-state index contributed by atoms with van der Waals surface area (Å²) in [6, 6.07) is 48.8. The molecule has 0 saturated heterocycles. The van der Waals surface area contributed by atoms with Gasteiger partial charge in [-0.3, -0.25) is 10.0 Å². The second-order valence-corrected chi connectivity index (χ2v) is 12.7. The highest BCUT2D eigenvalue weighted by Crippen LogP contribution is 2.24. The van der Waals surface area contributed by atoms with Gasteiger partial charge in [0.05, 0.1) is 40.1 Å². The van der Waals surface area contributed by atoms with Crippen molar-refractivity contribution in [2.24, 2.45) is 10.2 Å². The topological polar surface area (TPSA) is 39.0 Å². The Balaban J connectivity index is 1.04. The summed E-state index contributed by atoms with van der Waals surface area (Å²) in [5.41, 5.74) is 8.12. The van der Waals surface area contributed by atoms with Crippen molar-refractivity contribution in [1.29, 1.82) is 0 Å². The van der Waals surface area contributed by atoms with E-state index < -0.39 is 0 Å². The van der Waals surface area contributed by atoms with Crippen molar-refractivity contribution in [1.82, 2.24) is 0 Å². The van der Waals surface area contributed by atoms with Crippen LogP contribution < -0.4 is 19.2 Å². The molecule has 0 radical (unpaired) electrons. The summed E-state index contributed by atoms with van der Waals surface area (Å²) < 4.78 is 4.89. The predicted molar refractivity (Wildman–Crippen MR) is 209 cm³/mol. The molecule has 6 nitrogen and oxygen atoms in total. The molecule has 0 saturated carbocycles. The lowest BCUT2D eigenvalue weighted by Crippen LogP contribution is -2.36. The monoisotopic (exact) mass is 656 g/mol. The molecule has 7 rings (SSSR count). The third kappa shape index (κ3) is 7.40. The molecule has 5 aromatic carbocycles. The number of nitrogens with zero attached hydrogens (tertiary/aromatic N) is 6. The molecule has 50 heavy (non-hydrogen) atoms. The van der Waals surface area contributed by atoms with E-state index in [-0.39, 0.29) is 0 Å². The van der Waals surface area contributed by atoms with Gasteiger partial charge in [0, 0.05) is 56.1 Å². The lowest BCUT2D eigenvalue weighted by atomic mass is 10.0. The van der Waals surface area contributed by atoms with Crippen LogP contribution in [0.2, 0.25) is 0 Å². The Morgan fingerprint density at radius 3 is 1.64 bits per heavy atom. The van der Waals surface area contributed by atoms with Crippen LogP contribution in [0.4, 0.5) is 11.4 Å². The van der Waals surface area contributed by atoms with E-state index in [1.54, 1.807) is 0 Å². The Bertz CT molecular complexity index is 2210. The number of rotatable bonds is 13. The van der Waals surface area contributed by atoms with Gasteiger partial charge in [-0.1, -0.05) is 72.8 Å². The lowest BCUT2D eigenvalue weighted by Gasteiger charge is -2.13. The Labute approximate surface area is 294 Å². The second-order valence-electron chi connectivity index (χ2n) is 12.7. The first kappa shape index (κ1) is 32.7. The number of aromatic nitrogens is 2. The van der Waals surface area contributed by atoms with E-state index >= 15 is 0 Å². The minimum atomic E-state index is 0.972. The van der Waals surface area contributed by atoms with E-state index in [1.165, 1.54) is 45.6 Å². The number of para-hydroxylation sites is 5. The average Bonchev–Trinajstić information content (AvgIpc) is 3.18. The number of fused-ring (bicyclic) bond motifs is 3. The molecule has 7 aromatic rings. The van der Waals surface area contributed by atoms with E-state index in [9.17, 15) is 0 Å². The molecule has 2 heterocycles. The molecule has 0 unspecified atom stereocenters. The summed E-state index contributed by atoms with van der Waals surface area (Å²) in [6.07, 6.45) is 10.8. The molecule has 0 aliphatic rings. The van der Waals surface area contributed by atoms with Gasteiger partial charge in [-0.25, -0.2) is 0 Å². The van der Waals surface area contributed by atoms with Crippen LogP contribution in [0.1, 0.15) is 36.8 Å². The maximum Gasteiger partial charge on any atom is 0.213 e. The minimum Gasteiger partial charge on any atom is -0.269 e. The van der Waals surface area contributed by atoms with Crippen LogP contribution in [0.15, 0.2) is 156 Å². The van der Waals surface area contributed by atoms with Crippen molar-refractivity contribution < 1.29 is 9.13 Å². The van der Waals surface area contributed by atoms with Gasteiger partial charge < -0.3 is 0 Å². The van der Waals surface area contributed by atoms with Crippen molar-refractivity contribution in [3.63, 3.8) is 0 Å². The third-order valence-corrected chi connectivity index (χ3v) is 9.37. The molecule has 6 heteroatoms. The Morgan fingerprint density at radius 2 is 1.02 bits per heavy atom. The quantitative estimate of drug-likeness (QED) is 0.0409. The van der Waals surface area contributed by atoms with Crippen LogP contribution in [0.5, 0.6) is 0 Å². The van der Waals surface area contributed by atoms with Crippen LogP contribution >= 0.6 is 0 Å². The van der Waals surface area contributed by atoms with E-state index in [2.05, 4.69) is 118 Å². The zero-order valence-corrected chi connectivity index (χ0v) is 28.9. The van der Waals surface area contributed by atoms with Gasteiger partial charge in [0.2, 0.25) is 16.6 Å². The Hall–Kier alpha value is -5.88. The van der Waals surface area contributed by atoms with Crippen molar-refractivity contribution in [2.75, 3.05) is 24.1 Å². The molecule has 0 aliphatic heterocycles. The molecule has 0 bridgehead atoms. The molecule has 0 N–H and O–H groups in total. The van der Waals surface area contributed by atoms with Gasteiger partial charge in [-0.05, 0) is 61.4 Å². The smallest absolute Gasteiger partial charge is 0.213 e. The van der Waals surface area contributed by atoms with Crippen LogP contribution in [0.3, 0.4) is 0 Å². The summed E-state index contributed by atoms with van der Waals surface area (Å²) >= 11 is 0. The number of hydrazone groups is 2. The standard InChI is InChI=1S/C44H44N6/c1-47(37-20-7-5-8-21-37)45-32-35-31-36-19-11-14-26-42(36)49(34-35)29-17-3-4-18-30-50-43-27-15-12-24-39(43)41(40-25-13-16-28-44(40)50)33-46-48(2)38-22-9-6-10-23-38/h5-16,19-28,31-34H,3-4,17-18,29-30H2,1-2H3/q+2/b45-32+. The van der Waals surface area contributed by atoms with Gasteiger partial charge in [0.15, 0.2) is 6.20 Å². The van der Waals surface area contributed by atoms with E-state index in [0.29, 0.717) is 0 Å². The Kier molecular flexibility index (Phi) is 10.2. The second kappa shape index (κ2) is 15.6. The van der Waals surface area contributed by atoms with Crippen LogP contribution in [-0.2, 0) is 13.1 Å². The number of benzene rings is 5. The first-order chi connectivity index (χ1) is 24.7. The van der Waals surface area contributed by atoms with Crippen molar-refractivity contribution in [2.45, 2.75) is 38.8 Å². The fraction of sp³-hybridized carbons (Fsp3) is 0.182. The normalized spacial score (nSPS) is 11.7. The zero-order chi connectivity index (χ0) is 34.1.